The van der Waals surface area contributed by atoms with Crippen LogP contribution in [0.15, 0.2) is 18.2 Å². The summed E-state index contributed by atoms with van der Waals surface area (Å²) in [5.41, 5.74) is 2.30. The highest BCUT2D eigenvalue weighted by atomic mass is 35.5. The SMILES string of the molecule is CNC(c1ccc(C)c(Cl)c1)C1CN(C(C)C)CCO1. The Kier molecular flexibility index (Phi) is 5.44. The molecule has 0 spiro atoms. The van der Waals surface area contributed by atoms with E-state index < -0.39 is 0 Å². The molecule has 0 radical (unpaired) electrons. The first kappa shape index (κ1) is 15.8. The molecule has 0 aromatic heterocycles. The molecule has 1 aromatic carbocycles. The van der Waals surface area contributed by atoms with Gasteiger partial charge in [0.2, 0.25) is 0 Å². The summed E-state index contributed by atoms with van der Waals surface area (Å²) in [6.07, 6.45) is 0.162. The molecule has 0 bridgehead atoms. The van der Waals surface area contributed by atoms with E-state index >= 15 is 0 Å². The van der Waals surface area contributed by atoms with Gasteiger partial charge >= 0.3 is 0 Å². The van der Waals surface area contributed by atoms with Crippen molar-refractivity contribution in [2.75, 3.05) is 26.7 Å². The first-order valence-corrected chi connectivity index (χ1v) is 7.69. The number of nitrogens with zero attached hydrogens (tertiary/aromatic N) is 1. The van der Waals surface area contributed by atoms with Crippen LogP contribution < -0.4 is 5.32 Å². The summed E-state index contributed by atoms with van der Waals surface area (Å²) in [4.78, 5) is 2.47. The Hall–Kier alpha value is -0.610. The average molecular weight is 297 g/mol. The van der Waals surface area contributed by atoms with E-state index in [1.165, 1.54) is 5.56 Å². The van der Waals surface area contributed by atoms with Crippen LogP contribution in [-0.4, -0.2) is 43.8 Å². The monoisotopic (exact) mass is 296 g/mol. The van der Waals surface area contributed by atoms with Gasteiger partial charge in [0.25, 0.3) is 0 Å². The van der Waals surface area contributed by atoms with Crippen LogP contribution in [0.3, 0.4) is 0 Å². The van der Waals surface area contributed by atoms with Gasteiger partial charge in [0.05, 0.1) is 18.8 Å². The molecule has 3 nitrogen and oxygen atoms in total. The van der Waals surface area contributed by atoms with E-state index in [1.807, 2.05) is 14.0 Å². The summed E-state index contributed by atoms with van der Waals surface area (Å²) in [6, 6.07) is 7.00. The molecule has 2 atom stereocenters. The first-order chi connectivity index (χ1) is 9.52. The minimum atomic E-state index is 0.162. The summed E-state index contributed by atoms with van der Waals surface area (Å²) in [5.74, 6) is 0. The Labute approximate surface area is 127 Å². The molecule has 2 unspecified atom stereocenters. The Morgan fingerprint density at radius 2 is 2.15 bits per heavy atom. The molecule has 1 saturated heterocycles. The van der Waals surface area contributed by atoms with E-state index in [-0.39, 0.29) is 12.1 Å². The molecule has 4 heteroatoms. The van der Waals surface area contributed by atoms with E-state index in [0.29, 0.717) is 6.04 Å². The molecule has 1 aliphatic rings. The van der Waals surface area contributed by atoms with Crippen molar-refractivity contribution in [2.45, 2.75) is 39.0 Å². The molecule has 2 rings (SSSR count). The zero-order valence-corrected chi connectivity index (χ0v) is 13.6. The van der Waals surface area contributed by atoms with E-state index in [4.69, 9.17) is 16.3 Å². The molecular weight excluding hydrogens is 272 g/mol. The predicted octanol–water partition coefficient (Wildman–Crippen LogP) is 3.02. The molecule has 1 aliphatic heterocycles. The van der Waals surface area contributed by atoms with Crippen LogP contribution in [0.1, 0.15) is 31.0 Å². The molecule has 20 heavy (non-hydrogen) atoms. The third kappa shape index (κ3) is 3.53. The fourth-order valence-electron chi connectivity index (χ4n) is 2.74. The van der Waals surface area contributed by atoms with Gasteiger partial charge in [-0.15, -0.1) is 0 Å². The maximum absolute atomic E-state index is 6.25. The number of nitrogens with one attached hydrogen (secondary N) is 1. The molecule has 1 fully saturated rings. The van der Waals surface area contributed by atoms with Crippen LogP contribution in [0.4, 0.5) is 0 Å². The minimum Gasteiger partial charge on any atom is -0.374 e. The van der Waals surface area contributed by atoms with Crippen molar-refractivity contribution in [2.24, 2.45) is 0 Å². The van der Waals surface area contributed by atoms with Crippen molar-refractivity contribution >= 4 is 11.6 Å². The molecule has 1 aromatic rings. The molecule has 1 heterocycles. The molecule has 0 amide bonds. The number of ether oxygens (including phenoxy) is 1. The van der Waals surface area contributed by atoms with Crippen molar-refractivity contribution in [3.8, 4) is 0 Å². The topological polar surface area (TPSA) is 24.5 Å². The quantitative estimate of drug-likeness (QED) is 0.924. The maximum Gasteiger partial charge on any atom is 0.0896 e. The summed E-state index contributed by atoms with van der Waals surface area (Å²) in [5, 5.41) is 4.20. The van der Waals surface area contributed by atoms with Gasteiger partial charge in [-0.3, -0.25) is 4.90 Å². The lowest BCUT2D eigenvalue weighted by atomic mass is 9.98. The molecular formula is C16H25ClN2O. The Balaban J connectivity index is 2.16. The van der Waals surface area contributed by atoms with Gasteiger partial charge in [0.1, 0.15) is 0 Å². The number of aryl methyl sites for hydroxylation is 1. The highest BCUT2D eigenvalue weighted by Gasteiger charge is 2.29. The summed E-state index contributed by atoms with van der Waals surface area (Å²) >= 11 is 6.25. The summed E-state index contributed by atoms with van der Waals surface area (Å²) < 4.78 is 5.99. The largest absolute Gasteiger partial charge is 0.374 e. The van der Waals surface area contributed by atoms with Gasteiger partial charge in [-0.1, -0.05) is 23.7 Å². The van der Waals surface area contributed by atoms with Crippen LogP contribution in [0.25, 0.3) is 0 Å². The highest BCUT2D eigenvalue weighted by molar-refractivity contribution is 6.31. The second-order valence-corrected chi connectivity index (χ2v) is 6.18. The van der Waals surface area contributed by atoms with Crippen LogP contribution >= 0.6 is 11.6 Å². The van der Waals surface area contributed by atoms with Gasteiger partial charge in [-0.25, -0.2) is 0 Å². The van der Waals surface area contributed by atoms with Gasteiger partial charge in [0.15, 0.2) is 0 Å². The number of hydrogen-bond acceptors (Lipinski definition) is 3. The third-order valence-corrected chi connectivity index (χ3v) is 4.50. The fraction of sp³-hybridized carbons (Fsp3) is 0.625. The lowest BCUT2D eigenvalue weighted by Gasteiger charge is -2.39. The van der Waals surface area contributed by atoms with Crippen molar-refractivity contribution in [3.05, 3.63) is 34.3 Å². The van der Waals surface area contributed by atoms with Crippen molar-refractivity contribution in [3.63, 3.8) is 0 Å². The van der Waals surface area contributed by atoms with Gasteiger partial charge in [0, 0.05) is 24.2 Å². The molecule has 0 saturated carbocycles. The maximum atomic E-state index is 6.25. The number of hydrogen-bond donors (Lipinski definition) is 1. The molecule has 112 valence electrons. The zero-order valence-electron chi connectivity index (χ0n) is 12.8. The van der Waals surface area contributed by atoms with Crippen molar-refractivity contribution in [1.82, 2.24) is 10.2 Å². The van der Waals surface area contributed by atoms with E-state index in [2.05, 4.69) is 42.3 Å². The van der Waals surface area contributed by atoms with Gasteiger partial charge < -0.3 is 10.1 Å². The van der Waals surface area contributed by atoms with Crippen LogP contribution in [0.2, 0.25) is 5.02 Å². The number of rotatable bonds is 4. The van der Waals surface area contributed by atoms with Crippen LogP contribution in [0, 0.1) is 6.92 Å². The number of likely N-dealkylation sites (N-methyl/N-ethyl adjacent to an activating group) is 1. The number of morpholine rings is 1. The summed E-state index contributed by atoms with van der Waals surface area (Å²) in [6.45, 7) is 9.26. The Bertz CT molecular complexity index is 450. The van der Waals surface area contributed by atoms with Crippen molar-refractivity contribution < 1.29 is 4.74 Å². The normalized spacial score (nSPS) is 22.2. The fourth-order valence-corrected chi connectivity index (χ4v) is 2.93. The molecule has 0 aliphatic carbocycles. The number of halogens is 1. The van der Waals surface area contributed by atoms with Gasteiger partial charge in [-0.2, -0.15) is 0 Å². The van der Waals surface area contributed by atoms with Gasteiger partial charge in [-0.05, 0) is 45.0 Å². The highest BCUT2D eigenvalue weighted by Crippen LogP contribution is 2.26. The zero-order chi connectivity index (χ0) is 14.7. The molecule has 1 N–H and O–H groups in total. The lowest BCUT2D eigenvalue weighted by Crippen LogP contribution is -2.49. The number of benzene rings is 1. The summed E-state index contributed by atoms with van der Waals surface area (Å²) in [7, 11) is 1.98. The lowest BCUT2D eigenvalue weighted by molar-refractivity contribution is -0.0550. The standard InChI is InChI=1S/C16H25ClN2O/c1-11(2)19-7-8-20-15(10-19)16(18-4)13-6-5-12(3)14(17)9-13/h5-6,9,11,15-16,18H,7-8,10H2,1-4H3. The van der Waals surface area contributed by atoms with Crippen molar-refractivity contribution in [1.29, 1.82) is 0 Å². The van der Waals surface area contributed by atoms with E-state index in [9.17, 15) is 0 Å². The second-order valence-electron chi connectivity index (χ2n) is 5.77. The average Bonchev–Trinajstić information content (AvgIpc) is 2.44. The first-order valence-electron chi connectivity index (χ1n) is 7.32. The Morgan fingerprint density at radius 3 is 2.75 bits per heavy atom. The Morgan fingerprint density at radius 1 is 1.40 bits per heavy atom. The predicted molar refractivity (Wildman–Crippen MR) is 84.4 cm³/mol. The smallest absolute Gasteiger partial charge is 0.0896 e. The third-order valence-electron chi connectivity index (χ3n) is 4.09. The van der Waals surface area contributed by atoms with E-state index in [1.54, 1.807) is 0 Å². The van der Waals surface area contributed by atoms with E-state index in [0.717, 1.165) is 30.3 Å². The second kappa shape index (κ2) is 6.90. The minimum absolute atomic E-state index is 0.162. The van der Waals surface area contributed by atoms with Crippen LogP contribution in [0.5, 0.6) is 0 Å². The van der Waals surface area contributed by atoms with Crippen LogP contribution in [-0.2, 0) is 4.74 Å².